The highest BCUT2D eigenvalue weighted by Gasteiger charge is 2.27. The van der Waals surface area contributed by atoms with Crippen molar-refractivity contribution in [1.82, 2.24) is 4.98 Å². The Hall–Kier alpha value is -2.22. The van der Waals surface area contributed by atoms with Gasteiger partial charge in [0.05, 0.1) is 5.69 Å². The van der Waals surface area contributed by atoms with Crippen LogP contribution in [-0.2, 0) is 0 Å². The standard InChI is InChI=1S/C23H28FN/c1-6-9-20(18(5)15-24)22(16(2)3)14-17(4)23-21-11-8-7-10-19(21)12-13-25-23/h6-8,10-13,16,20,22H,1,4-5,9,14-15H2,2-3H3. The van der Waals surface area contributed by atoms with Crippen LogP contribution in [0.2, 0.25) is 0 Å². The molecule has 1 heterocycles. The van der Waals surface area contributed by atoms with E-state index in [0.717, 1.165) is 34.9 Å². The number of rotatable bonds is 9. The van der Waals surface area contributed by atoms with E-state index in [0.29, 0.717) is 11.5 Å². The first-order valence-corrected chi connectivity index (χ1v) is 8.86. The van der Waals surface area contributed by atoms with Crippen molar-refractivity contribution in [2.75, 3.05) is 6.67 Å². The summed E-state index contributed by atoms with van der Waals surface area (Å²) in [5, 5.41) is 2.27. The molecule has 1 aromatic carbocycles. The number of hydrogen-bond donors (Lipinski definition) is 0. The first kappa shape index (κ1) is 19.1. The van der Waals surface area contributed by atoms with Crippen molar-refractivity contribution in [2.24, 2.45) is 17.8 Å². The Kier molecular flexibility index (Phi) is 6.69. The van der Waals surface area contributed by atoms with Gasteiger partial charge in [-0.25, -0.2) is 4.39 Å². The highest BCUT2D eigenvalue weighted by atomic mass is 19.1. The Balaban J connectivity index is 2.33. The third-order valence-corrected chi connectivity index (χ3v) is 4.98. The molecule has 0 N–H and O–H groups in total. The van der Waals surface area contributed by atoms with Gasteiger partial charge in [0.15, 0.2) is 0 Å². The van der Waals surface area contributed by atoms with Crippen molar-refractivity contribution in [2.45, 2.75) is 26.7 Å². The fourth-order valence-electron chi connectivity index (χ4n) is 3.55. The van der Waals surface area contributed by atoms with E-state index >= 15 is 0 Å². The van der Waals surface area contributed by atoms with E-state index in [-0.39, 0.29) is 11.8 Å². The lowest BCUT2D eigenvalue weighted by molar-refractivity contribution is 0.281. The van der Waals surface area contributed by atoms with Gasteiger partial charge in [0.25, 0.3) is 0 Å². The lowest BCUT2D eigenvalue weighted by Crippen LogP contribution is -2.23. The lowest BCUT2D eigenvalue weighted by atomic mass is 9.74. The second kappa shape index (κ2) is 8.75. The zero-order chi connectivity index (χ0) is 18.4. The van der Waals surface area contributed by atoms with Crippen molar-refractivity contribution in [3.05, 3.63) is 73.6 Å². The molecule has 1 nitrogen and oxygen atoms in total. The van der Waals surface area contributed by atoms with Gasteiger partial charge in [-0.2, -0.15) is 0 Å². The van der Waals surface area contributed by atoms with Gasteiger partial charge in [-0.05, 0) is 53.2 Å². The maximum absolute atomic E-state index is 13.3. The Morgan fingerprint density at radius 1 is 1.20 bits per heavy atom. The third kappa shape index (κ3) is 4.45. The molecule has 2 rings (SSSR count). The second-order valence-corrected chi connectivity index (χ2v) is 7.02. The van der Waals surface area contributed by atoms with Gasteiger partial charge in [-0.15, -0.1) is 6.58 Å². The van der Waals surface area contributed by atoms with Crippen LogP contribution in [0.4, 0.5) is 4.39 Å². The zero-order valence-corrected chi connectivity index (χ0v) is 15.3. The summed E-state index contributed by atoms with van der Waals surface area (Å²) in [7, 11) is 0. The molecule has 0 aliphatic heterocycles. The second-order valence-electron chi connectivity index (χ2n) is 7.02. The smallest absolute Gasteiger partial charge is 0.111 e. The molecule has 0 amide bonds. The first-order chi connectivity index (χ1) is 12.0. The summed E-state index contributed by atoms with van der Waals surface area (Å²) in [4.78, 5) is 4.57. The largest absolute Gasteiger partial charge is 0.256 e. The summed E-state index contributed by atoms with van der Waals surface area (Å²) >= 11 is 0. The molecular formula is C23H28FN. The summed E-state index contributed by atoms with van der Waals surface area (Å²) in [5.74, 6) is 0.726. The quantitative estimate of drug-likeness (QED) is 0.468. The topological polar surface area (TPSA) is 12.9 Å². The molecule has 2 unspecified atom stereocenters. The molecule has 2 aromatic rings. The van der Waals surface area contributed by atoms with Crippen LogP contribution in [-0.4, -0.2) is 11.7 Å². The number of alkyl halides is 1. The van der Waals surface area contributed by atoms with Gasteiger partial charge in [-0.3, -0.25) is 4.98 Å². The summed E-state index contributed by atoms with van der Waals surface area (Å²) in [6.07, 6.45) is 5.20. The Bertz CT molecular complexity index is 754. The summed E-state index contributed by atoms with van der Waals surface area (Å²) < 4.78 is 13.3. The maximum Gasteiger partial charge on any atom is 0.111 e. The molecule has 2 heteroatoms. The Labute approximate surface area is 151 Å². The van der Waals surface area contributed by atoms with Gasteiger partial charge in [0, 0.05) is 11.6 Å². The van der Waals surface area contributed by atoms with E-state index in [1.165, 1.54) is 0 Å². The number of nitrogens with zero attached hydrogens (tertiary/aromatic N) is 1. The average Bonchev–Trinajstić information content (AvgIpc) is 2.63. The van der Waals surface area contributed by atoms with Crippen molar-refractivity contribution >= 4 is 16.3 Å². The lowest BCUT2D eigenvalue weighted by Gasteiger charge is -2.31. The van der Waals surface area contributed by atoms with Gasteiger partial charge in [0.1, 0.15) is 6.67 Å². The van der Waals surface area contributed by atoms with Gasteiger partial charge >= 0.3 is 0 Å². The molecule has 132 valence electrons. The molecule has 0 aliphatic carbocycles. The maximum atomic E-state index is 13.3. The van der Waals surface area contributed by atoms with Crippen LogP contribution >= 0.6 is 0 Å². The van der Waals surface area contributed by atoms with Crippen LogP contribution in [0.5, 0.6) is 0 Å². The van der Waals surface area contributed by atoms with E-state index in [1.807, 2.05) is 30.5 Å². The monoisotopic (exact) mass is 337 g/mol. The number of hydrogen-bond acceptors (Lipinski definition) is 1. The van der Waals surface area contributed by atoms with E-state index < -0.39 is 6.67 Å². The summed E-state index contributed by atoms with van der Waals surface area (Å²) in [6, 6.07) is 10.2. The van der Waals surface area contributed by atoms with E-state index in [1.54, 1.807) is 0 Å². The van der Waals surface area contributed by atoms with E-state index in [4.69, 9.17) is 0 Å². The van der Waals surface area contributed by atoms with Crippen molar-refractivity contribution in [3.8, 4) is 0 Å². The summed E-state index contributed by atoms with van der Waals surface area (Å²) in [5.41, 5.74) is 2.58. The molecule has 0 aliphatic rings. The average molecular weight is 337 g/mol. The van der Waals surface area contributed by atoms with E-state index in [9.17, 15) is 4.39 Å². The molecule has 1 aromatic heterocycles. The number of allylic oxidation sites excluding steroid dienone is 3. The molecule has 0 saturated heterocycles. The predicted octanol–water partition coefficient (Wildman–Crippen LogP) is 6.63. The number of pyridine rings is 1. The van der Waals surface area contributed by atoms with Crippen LogP contribution in [0.15, 0.2) is 67.9 Å². The fraction of sp³-hybridized carbons (Fsp3) is 0.348. The zero-order valence-electron chi connectivity index (χ0n) is 15.3. The minimum Gasteiger partial charge on any atom is -0.256 e. The normalized spacial score (nSPS) is 13.6. The molecule has 0 radical (unpaired) electrons. The minimum absolute atomic E-state index is 0.0780. The molecular weight excluding hydrogens is 309 g/mol. The third-order valence-electron chi connectivity index (χ3n) is 4.98. The van der Waals surface area contributed by atoms with Crippen LogP contribution in [0.1, 0.15) is 32.4 Å². The van der Waals surface area contributed by atoms with Crippen LogP contribution in [0.25, 0.3) is 16.3 Å². The van der Waals surface area contributed by atoms with Crippen LogP contribution < -0.4 is 0 Å². The SMILES string of the molecule is C=CCC(C(=C)CF)C(CC(=C)c1nccc2ccccc12)C(C)C. The van der Waals surface area contributed by atoms with Crippen molar-refractivity contribution in [1.29, 1.82) is 0 Å². The van der Waals surface area contributed by atoms with Crippen LogP contribution in [0, 0.1) is 17.8 Å². The number of aromatic nitrogens is 1. The highest BCUT2D eigenvalue weighted by molar-refractivity contribution is 5.91. The molecule has 0 fully saturated rings. The highest BCUT2D eigenvalue weighted by Crippen LogP contribution is 2.37. The molecule has 0 spiro atoms. The predicted molar refractivity (Wildman–Crippen MR) is 107 cm³/mol. The van der Waals surface area contributed by atoms with Gasteiger partial charge in [0.2, 0.25) is 0 Å². The number of benzene rings is 1. The van der Waals surface area contributed by atoms with Gasteiger partial charge in [-0.1, -0.05) is 57.3 Å². The van der Waals surface area contributed by atoms with Crippen molar-refractivity contribution < 1.29 is 4.39 Å². The molecule has 25 heavy (non-hydrogen) atoms. The van der Waals surface area contributed by atoms with E-state index in [2.05, 4.69) is 50.7 Å². The fourth-order valence-corrected chi connectivity index (χ4v) is 3.55. The Morgan fingerprint density at radius 3 is 2.56 bits per heavy atom. The number of halogens is 1. The molecule has 0 bridgehead atoms. The number of fused-ring (bicyclic) bond motifs is 1. The molecule has 0 saturated carbocycles. The molecule has 2 atom stereocenters. The van der Waals surface area contributed by atoms with Crippen molar-refractivity contribution in [3.63, 3.8) is 0 Å². The first-order valence-electron chi connectivity index (χ1n) is 8.86. The minimum atomic E-state index is -0.485. The van der Waals surface area contributed by atoms with Crippen LogP contribution in [0.3, 0.4) is 0 Å². The Morgan fingerprint density at radius 2 is 1.92 bits per heavy atom. The van der Waals surface area contributed by atoms with Gasteiger partial charge < -0.3 is 0 Å². The summed E-state index contributed by atoms with van der Waals surface area (Å²) in [6.45, 7) is 16.0.